The molecule has 0 saturated carbocycles. The highest BCUT2D eigenvalue weighted by atomic mass is 16.7. The maximum atomic E-state index is 12.2. The molecule has 0 aromatic rings. The number of carbonyl (C=O) groups excluding carboxylic acids is 10. The number of morpholine rings is 1. The highest BCUT2D eigenvalue weighted by Gasteiger charge is 2.46. The van der Waals surface area contributed by atoms with Crippen LogP contribution < -0.4 is 0 Å². The summed E-state index contributed by atoms with van der Waals surface area (Å²) in [5.74, 6) is -2.31. The summed E-state index contributed by atoms with van der Waals surface area (Å²) in [6, 6.07) is -2.73. The van der Waals surface area contributed by atoms with Crippen molar-refractivity contribution in [3.05, 3.63) is 0 Å². The van der Waals surface area contributed by atoms with Crippen LogP contribution >= 0.6 is 0 Å². The SMILES string of the molecule is CC(=O)C1CCN1C(=O)OC(C)(C)C.CC(C)(C)OC(=O)N1CC[C@H]1C(=O)OC(=O)[C@@H]1CCN1C(=O)OC(C)(C)C.CC(C)COC(=O)O.CCCOC(=O)OC(=O)[C@@H]1CCN1C(=O)OC(C)(C)C.CCOC(C)=O.CN1CCOCC1. The van der Waals surface area contributed by atoms with Crippen molar-refractivity contribution in [3.8, 4) is 0 Å². The minimum atomic E-state index is -1.20. The van der Waals surface area contributed by atoms with E-state index in [1.54, 1.807) is 69.2 Å². The molecule has 1 N–H and O–H groups in total. The number of likely N-dealkylation sites (N-methyl/N-ethyl adjacent to an activating group) is 1. The fraction of sp³-hybridized carbons (Fsp3) is 0.800. The number of amides is 4. The minimum absolute atomic E-state index is 0.0297. The summed E-state index contributed by atoms with van der Waals surface area (Å²) in [5, 5.41) is 7.94. The molecular weight excluding hydrogens is 1080 g/mol. The van der Waals surface area contributed by atoms with E-state index in [2.05, 4.69) is 30.9 Å². The lowest BCUT2D eigenvalue weighted by Crippen LogP contribution is -2.60. The van der Waals surface area contributed by atoms with E-state index in [9.17, 15) is 52.7 Å². The Bertz CT molecular complexity index is 2050. The van der Waals surface area contributed by atoms with Crippen LogP contribution in [0.4, 0.5) is 28.8 Å². The number of hydrogen-bond donors (Lipinski definition) is 1. The zero-order chi connectivity index (χ0) is 63.5. The number of ketones is 1. The first-order valence-corrected chi connectivity index (χ1v) is 27.5. The van der Waals surface area contributed by atoms with Gasteiger partial charge in [0.2, 0.25) is 0 Å². The normalized spacial score (nSPS) is 19.0. The van der Waals surface area contributed by atoms with Gasteiger partial charge >= 0.3 is 60.6 Å². The Balaban J connectivity index is 0.00000105. The summed E-state index contributed by atoms with van der Waals surface area (Å²) < 4.78 is 48.5. The van der Waals surface area contributed by atoms with Gasteiger partial charge in [-0.25, -0.2) is 43.2 Å². The quantitative estimate of drug-likeness (QED) is 0.132. The molecule has 0 radical (unpaired) electrons. The van der Waals surface area contributed by atoms with Crippen molar-refractivity contribution in [3.63, 3.8) is 0 Å². The molecule has 5 aliphatic heterocycles. The monoisotopic (exact) mass is 1180 g/mol. The summed E-state index contributed by atoms with van der Waals surface area (Å²) in [7, 11) is 2.11. The largest absolute Gasteiger partial charge is 0.516 e. The van der Waals surface area contributed by atoms with E-state index in [1.807, 2.05) is 41.5 Å². The molecule has 0 aromatic carbocycles. The number of esters is 4. The number of ether oxygens (including phenoxy) is 10. The van der Waals surface area contributed by atoms with Crippen LogP contribution in [0.15, 0.2) is 0 Å². The van der Waals surface area contributed by atoms with Crippen LogP contribution in [0.2, 0.25) is 0 Å². The molecule has 5 saturated heterocycles. The van der Waals surface area contributed by atoms with Gasteiger partial charge in [0.25, 0.3) is 0 Å². The van der Waals surface area contributed by atoms with Crippen LogP contribution in [0, 0.1) is 5.92 Å². The first-order chi connectivity index (χ1) is 37.6. The molecule has 5 rings (SSSR count). The Kier molecular flexibility index (Phi) is 32.7. The van der Waals surface area contributed by atoms with Crippen molar-refractivity contribution < 1.29 is 105 Å². The number of Topliss-reactive ketones (excluding diaryl/α,β-unsaturated/α-hetero) is 1. The van der Waals surface area contributed by atoms with E-state index in [1.165, 1.54) is 33.4 Å². The third-order valence-electron chi connectivity index (χ3n) is 10.8. The average Bonchev–Trinajstić information content (AvgIpc) is 3.21. The molecule has 82 heavy (non-hydrogen) atoms. The Labute approximate surface area is 483 Å². The second-order valence-electron chi connectivity index (χ2n) is 23.6. The van der Waals surface area contributed by atoms with Gasteiger partial charge in [0.15, 0.2) is 5.78 Å². The van der Waals surface area contributed by atoms with E-state index in [0.29, 0.717) is 58.5 Å². The van der Waals surface area contributed by atoms with Crippen molar-refractivity contribution in [2.24, 2.45) is 5.92 Å². The van der Waals surface area contributed by atoms with Crippen molar-refractivity contribution in [2.75, 3.05) is 79.4 Å². The first kappa shape index (κ1) is 75.5. The third-order valence-corrected chi connectivity index (χ3v) is 10.8. The van der Waals surface area contributed by atoms with E-state index in [0.717, 1.165) is 32.7 Å². The second kappa shape index (κ2) is 35.5. The molecular formula is C55H95N5O22. The highest BCUT2D eigenvalue weighted by molar-refractivity contribution is 5.95. The smallest absolute Gasteiger partial charge is 0.466 e. The van der Waals surface area contributed by atoms with Crippen LogP contribution in [0.1, 0.15) is 157 Å². The van der Waals surface area contributed by atoms with Gasteiger partial charge in [-0.15, -0.1) is 0 Å². The molecule has 0 aliphatic carbocycles. The summed E-state index contributed by atoms with van der Waals surface area (Å²) in [4.78, 5) is 133. The van der Waals surface area contributed by atoms with Crippen molar-refractivity contribution >= 4 is 66.3 Å². The van der Waals surface area contributed by atoms with Gasteiger partial charge in [0, 0.05) is 46.2 Å². The Morgan fingerprint density at radius 3 is 1.02 bits per heavy atom. The number of carboxylic acid groups (broad SMARTS) is 1. The van der Waals surface area contributed by atoms with Crippen molar-refractivity contribution in [2.45, 2.75) is 203 Å². The van der Waals surface area contributed by atoms with Crippen LogP contribution in [0.25, 0.3) is 0 Å². The molecule has 0 spiro atoms. The zero-order valence-electron chi connectivity index (χ0n) is 52.0. The standard InChI is InChI=1S/C18H28N2O7.C13H21NO6.C10H17NO3.C5H11NO.C5H10O3.C4H8O2/c1-17(2,3)26-15(23)19-9-7-11(19)13(21)25-14(22)12-8-10-20(12)16(24)27-18(4,5)6;1-5-8-18-12(17)19-10(15)9-6-7-14(9)11(16)20-13(2,3)4;1-7(12)8-5-6-11(8)9(13)14-10(2,3)4;1-6-2-4-7-5-3-6;1-4(2)3-8-5(6)7;1-3-6-4(2)5/h11-12H,7-10H2,1-6H3;9H,5-8H2,1-4H3;8H,5-6H2,1-4H3;2-5H2,1H3;4H,3H2,1-2H3,(H,6,7);3H2,1-2H3/t11-,12-;9-;;;;/m00..../s1. The number of hydrogen-bond acceptors (Lipinski definition) is 22. The van der Waals surface area contributed by atoms with E-state index < -0.39 is 89.0 Å². The number of likely N-dealkylation sites (tertiary alicyclic amines) is 4. The Morgan fingerprint density at radius 1 is 0.500 bits per heavy atom. The molecule has 0 aromatic heterocycles. The van der Waals surface area contributed by atoms with E-state index in [4.69, 9.17) is 33.5 Å². The molecule has 1 unspecified atom stereocenters. The van der Waals surface area contributed by atoms with Gasteiger partial charge in [-0.2, -0.15) is 0 Å². The van der Waals surface area contributed by atoms with Crippen molar-refractivity contribution in [1.29, 1.82) is 0 Å². The summed E-state index contributed by atoms with van der Waals surface area (Å²) in [6.45, 7) is 38.0. The molecule has 5 heterocycles. The van der Waals surface area contributed by atoms with Crippen LogP contribution in [-0.4, -0.2) is 222 Å². The highest BCUT2D eigenvalue weighted by Crippen LogP contribution is 2.27. The van der Waals surface area contributed by atoms with Gasteiger partial charge in [0.1, 0.15) is 40.5 Å². The lowest BCUT2D eigenvalue weighted by molar-refractivity contribution is -0.172. The topological polar surface area (TPSA) is 316 Å². The Hall–Kier alpha value is -6.51. The van der Waals surface area contributed by atoms with Gasteiger partial charge in [-0.1, -0.05) is 20.8 Å². The van der Waals surface area contributed by atoms with Gasteiger partial charge in [-0.3, -0.25) is 29.2 Å². The number of carbonyl (C=O) groups is 11. The molecule has 472 valence electrons. The van der Waals surface area contributed by atoms with E-state index >= 15 is 0 Å². The first-order valence-electron chi connectivity index (χ1n) is 27.5. The molecule has 27 heteroatoms. The molecule has 4 amide bonds. The van der Waals surface area contributed by atoms with E-state index in [-0.39, 0.29) is 43.0 Å². The molecule has 0 bridgehead atoms. The second-order valence-corrected chi connectivity index (χ2v) is 23.6. The lowest BCUT2D eigenvalue weighted by Gasteiger charge is -2.41. The maximum absolute atomic E-state index is 12.2. The lowest BCUT2D eigenvalue weighted by atomic mass is 10.0. The minimum Gasteiger partial charge on any atom is -0.466 e. The van der Waals surface area contributed by atoms with Crippen LogP contribution in [0.5, 0.6) is 0 Å². The average molecular weight is 1180 g/mol. The van der Waals surface area contributed by atoms with Gasteiger partial charge in [-0.05, 0) is 142 Å². The van der Waals surface area contributed by atoms with Crippen molar-refractivity contribution in [1.82, 2.24) is 24.5 Å². The number of nitrogens with zero attached hydrogens (tertiary/aromatic N) is 5. The summed E-state index contributed by atoms with van der Waals surface area (Å²) in [6.07, 6.45) is -1.82. The van der Waals surface area contributed by atoms with Crippen LogP contribution in [-0.2, 0) is 71.3 Å². The predicted molar refractivity (Wildman–Crippen MR) is 294 cm³/mol. The number of rotatable bonds is 9. The fourth-order valence-corrected chi connectivity index (χ4v) is 6.56. The molecule has 27 nitrogen and oxygen atoms in total. The van der Waals surface area contributed by atoms with Gasteiger partial charge < -0.3 is 57.4 Å². The maximum Gasteiger partial charge on any atom is 0.516 e. The summed E-state index contributed by atoms with van der Waals surface area (Å²) >= 11 is 0. The summed E-state index contributed by atoms with van der Waals surface area (Å²) in [5.41, 5.74) is -2.50. The Morgan fingerprint density at radius 2 is 0.829 bits per heavy atom. The van der Waals surface area contributed by atoms with Crippen LogP contribution in [0.3, 0.4) is 0 Å². The molecule has 5 fully saturated rings. The molecule has 5 aliphatic rings. The predicted octanol–water partition coefficient (Wildman–Crippen LogP) is 7.60. The van der Waals surface area contributed by atoms with Gasteiger partial charge in [0.05, 0.1) is 39.1 Å². The third kappa shape index (κ3) is 32.2. The zero-order valence-corrected chi connectivity index (χ0v) is 52.0. The fourth-order valence-electron chi connectivity index (χ4n) is 6.56. The molecule has 4 atom stereocenters.